The second kappa shape index (κ2) is 8.12. The van der Waals surface area contributed by atoms with Gasteiger partial charge in [-0.2, -0.15) is 0 Å². The Bertz CT molecular complexity index is 467. The van der Waals surface area contributed by atoms with Crippen molar-refractivity contribution < 1.29 is 19.1 Å². The lowest BCUT2D eigenvalue weighted by atomic mass is 10.0. The van der Waals surface area contributed by atoms with Crippen LogP contribution in [0.5, 0.6) is 0 Å². The number of methoxy groups -OCH3 is 1. The van der Waals surface area contributed by atoms with Crippen LogP contribution in [0.2, 0.25) is 0 Å². The van der Waals surface area contributed by atoms with E-state index in [4.69, 9.17) is 9.47 Å². The molecule has 1 atom stereocenters. The second-order valence-electron chi connectivity index (χ2n) is 4.15. The molecule has 5 heteroatoms. The third-order valence-electron chi connectivity index (χ3n) is 2.80. The molecule has 0 saturated carbocycles. The molecule has 20 heavy (non-hydrogen) atoms. The number of benzene rings is 1. The van der Waals surface area contributed by atoms with Crippen molar-refractivity contribution in [3.63, 3.8) is 0 Å². The third-order valence-corrected chi connectivity index (χ3v) is 2.80. The average Bonchev–Trinajstić information content (AvgIpc) is 2.50. The molecular formula is C15H19NO4. The average molecular weight is 277 g/mol. The van der Waals surface area contributed by atoms with Gasteiger partial charge in [-0.1, -0.05) is 24.8 Å². The molecule has 0 bridgehead atoms. The molecule has 0 heterocycles. The molecule has 0 amide bonds. The van der Waals surface area contributed by atoms with E-state index in [-0.39, 0.29) is 12.6 Å². The van der Waals surface area contributed by atoms with Crippen LogP contribution in [-0.4, -0.2) is 38.7 Å². The minimum Gasteiger partial charge on any atom is -0.468 e. The highest BCUT2D eigenvalue weighted by Crippen LogP contribution is 2.09. The van der Waals surface area contributed by atoms with Gasteiger partial charge in [-0.3, -0.25) is 4.79 Å². The van der Waals surface area contributed by atoms with E-state index >= 15 is 0 Å². The number of ether oxygens (including phenoxy) is 2. The second-order valence-corrected chi connectivity index (χ2v) is 4.15. The fourth-order valence-electron chi connectivity index (χ4n) is 1.68. The number of likely N-dealkylation sites (N-methyl/N-ethyl adjacent to an activating group) is 1. The van der Waals surface area contributed by atoms with Crippen LogP contribution in [-0.2, 0) is 20.7 Å². The largest absolute Gasteiger partial charge is 0.468 e. The molecule has 1 unspecified atom stereocenters. The molecule has 108 valence electrons. The van der Waals surface area contributed by atoms with E-state index in [1.165, 1.54) is 13.2 Å². The van der Waals surface area contributed by atoms with Gasteiger partial charge in [0.15, 0.2) is 0 Å². The van der Waals surface area contributed by atoms with E-state index in [1.54, 1.807) is 31.3 Å². The molecular weight excluding hydrogens is 258 g/mol. The molecule has 1 rings (SSSR count). The number of nitrogens with one attached hydrogen (secondary N) is 1. The van der Waals surface area contributed by atoms with Crippen LogP contribution in [0.4, 0.5) is 0 Å². The molecule has 1 aromatic rings. The van der Waals surface area contributed by atoms with E-state index in [0.29, 0.717) is 12.0 Å². The Hall–Kier alpha value is -2.14. The summed E-state index contributed by atoms with van der Waals surface area (Å²) in [7, 11) is 3.05. The Labute approximate surface area is 118 Å². The van der Waals surface area contributed by atoms with Crippen LogP contribution in [0.15, 0.2) is 36.9 Å². The van der Waals surface area contributed by atoms with Crippen LogP contribution < -0.4 is 5.32 Å². The standard InChI is InChI=1S/C15H19NO4/c1-4-9-20-14(17)12-7-5-11(6-8-12)10-13(16-2)15(18)19-3/h4-8,13,16H,1,9-10H2,2-3H3. The van der Waals surface area contributed by atoms with Gasteiger partial charge >= 0.3 is 11.9 Å². The quantitative estimate of drug-likeness (QED) is 0.602. The molecule has 0 fully saturated rings. The molecule has 0 aromatic heterocycles. The molecule has 5 nitrogen and oxygen atoms in total. The van der Waals surface area contributed by atoms with Gasteiger partial charge in [0.05, 0.1) is 12.7 Å². The van der Waals surface area contributed by atoms with E-state index < -0.39 is 12.0 Å². The van der Waals surface area contributed by atoms with Crippen molar-refractivity contribution >= 4 is 11.9 Å². The zero-order chi connectivity index (χ0) is 15.0. The van der Waals surface area contributed by atoms with Crippen molar-refractivity contribution in [3.8, 4) is 0 Å². The third kappa shape index (κ3) is 4.51. The van der Waals surface area contributed by atoms with Gasteiger partial charge in [0.25, 0.3) is 0 Å². The Balaban J connectivity index is 2.68. The lowest BCUT2D eigenvalue weighted by molar-refractivity contribution is -0.142. The van der Waals surface area contributed by atoms with Crippen LogP contribution >= 0.6 is 0 Å². The number of carbonyl (C=O) groups is 2. The Kier molecular flexibility index (Phi) is 6.46. The fraction of sp³-hybridized carbons (Fsp3) is 0.333. The SMILES string of the molecule is C=CCOC(=O)c1ccc(CC(NC)C(=O)OC)cc1. The highest BCUT2D eigenvalue weighted by molar-refractivity contribution is 5.89. The van der Waals surface area contributed by atoms with Gasteiger partial charge in [0, 0.05) is 0 Å². The molecule has 0 aliphatic carbocycles. The van der Waals surface area contributed by atoms with Gasteiger partial charge in [0.1, 0.15) is 12.6 Å². The summed E-state index contributed by atoms with van der Waals surface area (Å²) in [6, 6.07) is 6.52. The highest BCUT2D eigenvalue weighted by atomic mass is 16.5. The van der Waals surface area contributed by atoms with Crippen LogP contribution in [0.3, 0.4) is 0 Å². The minimum absolute atomic E-state index is 0.185. The normalized spacial score (nSPS) is 11.5. The predicted octanol–water partition coefficient (Wildman–Crippen LogP) is 1.33. The van der Waals surface area contributed by atoms with Crippen molar-refractivity contribution in [2.45, 2.75) is 12.5 Å². The van der Waals surface area contributed by atoms with Crippen molar-refractivity contribution in [2.75, 3.05) is 20.8 Å². The zero-order valence-corrected chi connectivity index (χ0v) is 11.7. The molecule has 0 aliphatic rings. The Morgan fingerprint density at radius 2 is 2.00 bits per heavy atom. The first-order valence-electron chi connectivity index (χ1n) is 6.24. The first-order chi connectivity index (χ1) is 9.62. The number of esters is 2. The maximum atomic E-state index is 11.6. The maximum Gasteiger partial charge on any atom is 0.338 e. The number of hydrogen-bond donors (Lipinski definition) is 1. The lowest BCUT2D eigenvalue weighted by Gasteiger charge is -2.13. The summed E-state index contributed by atoms with van der Waals surface area (Å²) in [6.07, 6.45) is 2.01. The van der Waals surface area contributed by atoms with Crippen molar-refractivity contribution in [2.24, 2.45) is 0 Å². The Morgan fingerprint density at radius 1 is 1.35 bits per heavy atom. The lowest BCUT2D eigenvalue weighted by Crippen LogP contribution is -2.36. The topological polar surface area (TPSA) is 64.6 Å². The van der Waals surface area contributed by atoms with E-state index in [9.17, 15) is 9.59 Å². The van der Waals surface area contributed by atoms with Crippen molar-refractivity contribution in [3.05, 3.63) is 48.0 Å². The summed E-state index contributed by atoms with van der Waals surface area (Å²) in [5, 5.41) is 2.89. The summed E-state index contributed by atoms with van der Waals surface area (Å²) >= 11 is 0. The summed E-state index contributed by atoms with van der Waals surface area (Å²) in [6.45, 7) is 3.66. The number of carbonyl (C=O) groups excluding carboxylic acids is 2. The smallest absolute Gasteiger partial charge is 0.338 e. The predicted molar refractivity (Wildman–Crippen MR) is 75.5 cm³/mol. The van der Waals surface area contributed by atoms with E-state index in [2.05, 4.69) is 11.9 Å². The van der Waals surface area contributed by atoms with Gasteiger partial charge in [-0.25, -0.2) is 4.79 Å². The first kappa shape index (κ1) is 15.9. The van der Waals surface area contributed by atoms with Crippen molar-refractivity contribution in [1.82, 2.24) is 5.32 Å². The van der Waals surface area contributed by atoms with Gasteiger partial charge in [0.2, 0.25) is 0 Å². The molecule has 0 radical (unpaired) electrons. The van der Waals surface area contributed by atoms with Crippen LogP contribution in [0, 0.1) is 0 Å². The highest BCUT2D eigenvalue weighted by Gasteiger charge is 2.17. The van der Waals surface area contributed by atoms with Gasteiger partial charge in [-0.05, 0) is 31.2 Å². The molecule has 0 spiro atoms. The van der Waals surface area contributed by atoms with E-state index in [0.717, 1.165) is 5.56 Å². The molecule has 1 N–H and O–H groups in total. The Morgan fingerprint density at radius 3 is 2.50 bits per heavy atom. The maximum absolute atomic E-state index is 11.6. The summed E-state index contributed by atoms with van der Waals surface area (Å²) in [5.41, 5.74) is 1.39. The monoisotopic (exact) mass is 277 g/mol. The van der Waals surface area contributed by atoms with E-state index in [1.807, 2.05) is 0 Å². The van der Waals surface area contributed by atoms with Crippen LogP contribution in [0.25, 0.3) is 0 Å². The summed E-state index contributed by atoms with van der Waals surface area (Å²) < 4.78 is 9.63. The number of hydrogen-bond acceptors (Lipinski definition) is 5. The minimum atomic E-state index is -0.404. The fourth-order valence-corrected chi connectivity index (χ4v) is 1.68. The van der Waals surface area contributed by atoms with Crippen LogP contribution in [0.1, 0.15) is 15.9 Å². The summed E-state index contributed by atoms with van der Waals surface area (Å²) in [5.74, 6) is -0.712. The zero-order valence-electron chi connectivity index (χ0n) is 11.7. The molecule has 1 aromatic carbocycles. The van der Waals surface area contributed by atoms with Gasteiger partial charge in [-0.15, -0.1) is 0 Å². The summed E-state index contributed by atoms with van der Waals surface area (Å²) in [4.78, 5) is 23.1. The number of rotatable bonds is 7. The van der Waals surface area contributed by atoms with Crippen molar-refractivity contribution in [1.29, 1.82) is 0 Å². The first-order valence-corrected chi connectivity index (χ1v) is 6.24. The van der Waals surface area contributed by atoms with Gasteiger partial charge < -0.3 is 14.8 Å². The molecule has 0 saturated heterocycles. The molecule has 0 aliphatic heterocycles.